The van der Waals surface area contributed by atoms with E-state index in [1.165, 1.54) is 6.08 Å². The average Bonchev–Trinajstić information content (AvgIpc) is 2.68. The van der Waals surface area contributed by atoms with Crippen LogP contribution in [-0.4, -0.2) is 55.8 Å². The Kier molecular flexibility index (Phi) is 5.92. The molecule has 0 unspecified atom stereocenters. The number of benzene rings is 2. The number of piperazine rings is 1. The van der Waals surface area contributed by atoms with Crippen molar-refractivity contribution in [2.75, 3.05) is 44.7 Å². The molecule has 0 aliphatic carbocycles. The van der Waals surface area contributed by atoms with Crippen LogP contribution in [0.5, 0.6) is 5.75 Å². The summed E-state index contributed by atoms with van der Waals surface area (Å²) in [5.74, 6) is -0.0202. The molecule has 5 nitrogen and oxygen atoms in total. The maximum atomic E-state index is 11.2. The fraction of sp³-hybridized carbons (Fsp3) is 0.286. The molecule has 1 heterocycles. The Balaban J connectivity index is 1.66. The summed E-state index contributed by atoms with van der Waals surface area (Å²) < 4.78 is 5.46. The largest absolute Gasteiger partial charge is 0.495 e. The third-order valence-electron chi connectivity index (χ3n) is 4.63. The van der Waals surface area contributed by atoms with Gasteiger partial charge in [-0.25, -0.2) is 4.79 Å². The topological polar surface area (TPSA) is 53.0 Å². The molecule has 0 amide bonds. The number of para-hydroxylation sites is 2. The molecule has 26 heavy (non-hydrogen) atoms. The molecule has 1 saturated heterocycles. The predicted octanol–water partition coefficient (Wildman–Crippen LogP) is 2.99. The predicted molar refractivity (Wildman–Crippen MR) is 104 cm³/mol. The SMILES string of the molecule is COc1ccccc1N1CCN(C/C(=C/C(=O)O)c2ccccc2)CC1. The fourth-order valence-corrected chi connectivity index (χ4v) is 3.30. The summed E-state index contributed by atoms with van der Waals surface area (Å²) in [6.45, 7) is 4.16. The Bertz CT molecular complexity index is 766. The number of anilines is 1. The highest BCUT2D eigenvalue weighted by Crippen LogP contribution is 2.28. The van der Waals surface area contributed by atoms with Gasteiger partial charge in [0.15, 0.2) is 0 Å². The van der Waals surface area contributed by atoms with Crippen molar-refractivity contribution in [1.29, 1.82) is 0 Å². The molecule has 2 aromatic rings. The minimum Gasteiger partial charge on any atom is -0.495 e. The Morgan fingerprint density at radius 3 is 2.35 bits per heavy atom. The van der Waals surface area contributed by atoms with E-state index < -0.39 is 5.97 Å². The minimum absolute atomic E-state index is 0.635. The van der Waals surface area contributed by atoms with Gasteiger partial charge in [-0.1, -0.05) is 42.5 Å². The summed E-state index contributed by atoms with van der Waals surface area (Å²) in [7, 11) is 1.69. The van der Waals surface area contributed by atoms with Gasteiger partial charge >= 0.3 is 5.97 Å². The van der Waals surface area contributed by atoms with Crippen LogP contribution in [-0.2, 0) is 4.79 Å². The number of hydrogen-bond donors (Lipinski definition) is 1. The molecule has 0 saturated carbocycles. The maximum absolute atomic E-state index is 11.2. The van der Waals surface area contributed by atoms with E-state index >= 15 is 0 Å². The van der Waals surface area contributed by atoms with Crippen LogP contribution in [0.2, 0.25) is 0 Å². The molecule has 0 atom stereocenters. The number of hydrogen-bond acceptors (Lipinski definition) is 4. The third kappa shape index (κ3) is 4.43. The van der Waals surface area contributed by atoms with E-state index in [0.29, 0.717) is 6.54 Å². The smallest absolute Gasteiger partial charge is 0.328 e. The molecule has 1 aliphatic rings. The van der Waals surface area contributed by atoms with E-state index in [1.807, 2.05) is 48.5 Å². The highest BCUT2D eigenvalue weighted by atomic mass is 16.5. The summed E-state index contributed by atoms with van der Waals surface area (Å²) in [4.78, 5) is 15.8. The first-order valence-electron chi connectivity index (χ1n) is 8.76. The van der Waals surface area contributed by atoms with Crippen molar-refractivity contribution in [1.82, 2.24) is 4.90 Å². The van der Waals surface area contributed by atoms with Crippen molar-refractivity contribution in [3.63, 3.8) is 0 Å². The first-order chi connectivity index (χ1) is 12.7. The number of ether oxygens (including phenoxy) is 1. The van der Waals surface area contributed by atoms with Gasteiger partial charge in [-0.05, 0) is 23.3 Å². The van der Waals surface area contributed by atoms with Crippen molar-refractivity contribution in [2.45, 2.75) is 0 Å². The number of rotatable bonds is 6. The number of nitrogens with zero attached hydrogens (tertiary/aromatic N) is 2. The summed E-state index contributed by atoms with van der Waals surface area (Å²) in [6, 6.07) is 17.8. The molecular weight excluding hydrogens is 328 g/mol. The van der Waals surface area contributed by atoms with Crippen LogP contribution >= 0.6 is 0 Å². The number of carboxylic acids is 1. The Morgan fingerprint density at radius 1 is 1.04 bits per heavy atom. The van der Waals surface area contributed by atoms with Crippen molar-refractivity contribution in [3.8, 4) is 5.75 Å². The molecule has 0 radical (unpaired) electrons. The lowest BCUT2D eigenvalue weighted by Crippen LogP contribution is -2.46. The Morgan fingerprint density at radius 2 is 1.69 bits per heavy atom. The van der Waals surface area contributed by atoms with Crippen LogP contribution in [0.3, 0.4) is 0 Å². The van der Waals surface area contributed by atoms with Gasteiger partial charge in [0.1, 0.15) is 5.75 Å². The van der Waals surface area contributed by atoms with Gasteiger partial charge in [-0.3, -0.25) is 4.90 Å². The molecular formula is C21H24N2O3. The van der Waals surface area contributed by atoms with Gasteiger partial charge in [0.25, 0.3) is 0 Å². The zero-order valence-corrected chi connectivity index (χ0v) is 15.0. The highest BCUT2D eigenvalue weighted by molar-refractivity contribution is 5.90. The van der Waals surface area contributed by atoms with E-state index in [-0.39, 0.29) is 0 Å². The average molecular weight is 352 g/mol. The maximum Gasteiger partial charge on any atom is 0.328 e. The van der Waals surface area contributed by atoms with Crippen molar-refractivity contribution >= 4 is 17.2 Å². The molecule has 5 heteroatoms. The van der Waals surface area contributed by atoms with Crippen molar-refractivity contribution < 1.29 is 14.6 Å². The van der Waals surface area contributed by atoms with Crippen LogP contribution in [0, 0.1) is 0 Å². The molecule has 0 bridgehead atoms. The molecule has 0 aromatic heterocycles. The van der Waals surface area contributed by atoms with Gasteiger partial charge in [-0.15, -0.1) is 0 Å². The van der Waals surface area contributed by atoms with Gasteiger partial charge in [-0.2, -0.15) is 0 Å². The Labute approximate surface area is 154 Å². The quantitative estimate of drug-likeness (QED) is 0.810. The second kappa shape index (κ2) is 8.54. The number of carboxylic acid groups (broad SMARTS) is 1. The van der Waals surface area contributed by atoms with E-state index in [2.05, 4.69) is 15.9 Å². The van der Waals surface area contributed by atoms with Crippen LogP contribution in [0.4, 0.5) is 5.69 Å². The molecule has 1 fully saturated rings. The fourth-order valence-electron chi connectivity index (χ4n) is 3.30. The lowest BCUT2D eigenvalue weighted by Gasteiger charge is -2.37. The first kappa shape index (κ1) is 18.0. The van der Waals surface area contributed by atoms with E-state index in [9.17, 15) is 9.90 Å². The number of methoxy groups -OCH3 is 1. The zero-order valence-electron chi connectivity index (χ0n) is 15.0. The molecule has 1 aliphatic heterocycles. The van der Waals surface area contributed by atoms with E-state index in [4.69, 9.17) is 4.74 Å². The van der Waals surface area contributed by atoms with Gasteiger partial charge in [0.2, 0.25) is 0 Å². The van der Waals surface area contributed by atoms with Gasteiger partial charge in [0.05, 0.1) is 12.8 Å². The molecule has 2 aromatic carbocycles. The van der Waals surface area contributed by atoms with Crippen LogP contribution < -0.4 is 9.64 Å². The van der Waals surface area contributed by atoms with Gasteiger partial charge < -0.3 is 14.7 Å². The van der Waals surface area contributed by atoms with Crippen LogP contribution in [0.25, 0.3) is 5.57 Å². The first-order valence-corrected chi connectivity index (χ1v) is 8.76. The Hall–Kier alpha value is -2.79. The normalized spacial score (nSPS) is 15.7. The zero-order chi connectivity index (χ0) is 18.4. The van der Waals surface area contributed by atoms with Crippen LogP contribution in [0.1, 0.15) is 5.56 Å². The second-order valence-electron chi connectivity index (χ2n) is 6.31. The lowest BCUT2D eigenvalue weighted by atomic mass is 10.0. The number of carbonyl (C=O) groups is 1. The van der Waals surface area contributed by atoms with Crippen molar-refractivity contribution in [3.05, 3.63) is 66.2 Å². The van der Waals surface area contributed by atoms with E-state index in [0.717, 1.165) is 48.8 Å². The summed E-state index contributed by atoms with van der Waals surface area (Å²) in [6.07, 6.45) is 1.32. The van der Waals surface area contributed by atoms with Gasteiger partial charge in [0, 0.05) is 38.8 Å². The van der Waals surface area contributed by atoms with Crippen molar-refractivity contribution in [2.24, 2.45) is 0 Å². The van der Waals surface area contributed by atoms with E-state index in [1.54, 1.807) is 7.11 Å². The second-order valence-corrected chi connectivity index (χ2v) is 6.31. The molecule has 1 N–H and O–H groups in total. The minimum atomic E-state index is -0.906. The summed E-state index contributed by atoms with van der Waals surface area (Å²) >= 11 is 0. The molecule has 0 spiro atoms. The van der Waals surface area contributed by atoms with Crippen LogP contribution in [0.15, 0.2) is 60.7 Å². The molecule has 136 valence electrons. The standard InChI is InChI=1S/C21H24N2O3/c1-26-20-10-6-5-9-19(20)23-13-11-22(12-14-23)16-18(15-21(24)25)17-7-3-2-4-8-17/h2-10,15H,11-14,16H2,1H3,(H,24,25)/b18-15-. The monoisotopic (exact) mass is 352 g/mol. The molecule has 3 rings (SSSR count). The number of aliphatic carboxylic acids is 1. The third-order valence-corrected chi connectivity index (χ3v) is 4.63. The highest BCUT2D eigenvalue weighted by Gasteiger charge is 2.20. The summed E-state index contributed by atoms with van der Waals surface area (Å²) in [5.41, 5.74) is 2.91. The lowest BCUT2D eigenvalue weighted by molar-refractivity contribution is -0.131. The summed E-state index contributed by atoms with van der Waals surface area (Å²) in [5, 5.41) is 9.21.